The fraction of sp³-hybridized carbons (Fsp3) is 0.385. The van der Waals surface area contributed by atoms with Crippen LogP contribution in [0.5, 0.6) is 0 Å². The predicted molar refractivity (Wildman–Crippen MR) is 75.8 cm³/mol. The molecule has 0 fully saturated rings. The molecule has 0 aromatic heterocycles. The Balaban J connectivity index is 2.42. The first-order valence-electron chi connectivity index (χ1n) is 5.31. The van der Waals surface area contributed by atoms with Crippen LogP contribution in [0.3, 0.4) is 0 Å². The van der Waals surface area contributed by atoms with Crippen molar-refractivity contribution in [1.29, 1.82) is 0 Å². The predicted octanol–water partition coefficient (Wildman–Crippen LogP) is 3.54. The molecule has 3 heteroatoms. The van der Waals surface area contributed by atoms with Gasteiger partial charge in [-0.25, -0.2) is 0 Å². The molecule has 1 aromatic carbocycles. The first-order valence-corrected chi connectivity index (χ1v) is 7.09. The van der Waals surface area contributed by atoms with E-state index in [0.717, 1.165) is 23.2 Å². The fourth-order valence-corrected chi connectivity index (χ4v) is 2.57. The number of hydrogen-bond acceptors (Lipinski definition) is 2. The van der Waals surface area contributed by atoms with Crippen molar-refractivity contribution >= 4 is 27.7 Å². The summed E-state index contributed by atoms with van der Waals surface area (Å²) >= 11 is 5.27. The van der Waals surface area contributed by atoms with Crippen LogP contribution < -0.4 is 5.32 Å². The lowest BCUT2D eigenvalue weighted by Gasteiger charge is -2.14. The van der Waals surface area contributed by atoms with E-state index in [2.05, 4.69) is 58.4 Å². The second-order valence-electron chi connectivity index (χ2n) is 3.43. The van der Waals surface area contributed by atoms with Gasteiger partial charge in [-0.15, -0.1) is 24.1 Å². The second-order valence-corrected chi connectivity index (χ2v) is 5.44. The van der Waals surface area contributed by atoms with Crippen LogP contribution in [0.2, 0.25) is 0 Å². The topological polar surface area (TPSA) is 12.0 Å². The summed E-state index contributed by atoms with van der Waals surface area (Å²) in [5, 5.41) is 3.39. The number of benzene rings is 1. The maximum Gasteiger partial charge on any atom is 0.0270 e. The van der Waals surface area contributed by atoms with Crippen molar-refractivity contribution in [1.82, 2.24) is 5.32 Å². The number of rotatable bonds is 6. The van der Waals surface area contributed by atoms with Crippen LogP contribution in [0, 0.1) is 12.3 Å². The van der Waals surface area contributed by atoms with Gasteiger partial charge in [-0.3, -0.25) is 0 Å². The Bertz CT molecular complexity index is 342. The first-order chi connectivity index (χ1) is 7.76. The van der Waals surface area contributed by atoms with Gasteiger partial charge in [-0.05, 0) is 30.8 Å². The van der Waals surface area contributed by atoms with E-state index in [9.17, 15) is 0 Å². The van der Waals surface area contributed by atoms with Gasteiger partial charge in [-0.1, -0.05) is 22.9 Å². The molecule has 0 saturated carbocycles. The lowest BCUT2D eigenvalue weighted by Crippen LogP contribution is -2.30. The molecule has 86 valence electrons. The molecule has 1 aromatic rings. The smallest absolute Gasteiger partial charge is 0.0270 e. The summed E-state index contributed by atoms with van der Waals surface area (Å²) in [4.78, 5) is 1.28. The molecule has 0 aliphatic rings. The van der Waals surface area contributed by atoms with Crippen LogP contribution in [0.1, 0.15) is 13.3 Å². The standard InChI is InChI=1S/C13H16BrNS/c1-3-5-12(15-4-2)10-16-13-8-6-11(14)7-9-13/h1,6-9,12,15H,4-5,10H2,2H3. The molecular formula is C13H16BrNS. The van der Waals surface area contributed by atoms with E-state index in [1.807, 2.05) is 11.8 Å². The van der Waals surface area contributed by atoms with Crippen molar-refractivity contribution in [3.63, 3.8) is 0 Å². The summed E-state index contributed by atoms with van der Waals surface area (Å²) in [6, 6.07) is 8.77. The Labute approximate surface area is 111 Å². The monoisotopic (exact) mass is 297 g/mol. The van der Waals surface area contributed by atoms with E-state index in [0.29, 0.717) is 6.04 Å². The van der Waals surface area contributed by atoms with Crippen molar-refractivity contribution in [2.24, 2.45) is 0 Å². The van der Waals surface area contributed by atoms with E-state index in [1.165, 1.54) is 4.90 Å². The van der Waals surface area contributed by atoms with Crippen LogP contribution in [0.4, 0.5) is 0 Å². The third-order valence-corrected chi connectivity index (χ3v) is 3.83. The Morgan fingerprint density at radius 1 is 1.44 bits per heavy atom. The number of terminal acetylenes is 1. The van der Waals surface area contributed by atoms with Crippen LogP contribution >= 0.6 is 27.7 Å². The van der Waals surface area contributed by atoms with E-state index < -0.39 is 0 Å². The van der Waals surface area contributed by atoms with Crippen LogP contribution in [0.25, 0.3) is 0 Å². The van der Waals surface area contributed by atoms with Crippen molar-refractivity contribution in [3.05, 3.63) is 28.7 Å². The van der Waals surface area contributed by atoms with Gasteiger partial charge < -0.3 is 5.32 Å². The van der Waals surface area contributed by atoms with Gasteiger partial charge in [0.1, 0.15) is 0 Å². The van der Waals surface area contributed by atoms with Crippen molar-refractivity contribution in [2.45, 2.75) is 24.3 Å². The highest BCUT2D eigenvalue weighted by molar-refractivity contribution is 9.10. The second kappa shape index (κ2) is 7.78. The van der Waals surface area contributed by atoms with E-state index in [-0.39, 0.29) is 0 Å². The molecule has 0 radical (unpaired) electrons. The quantitative estimate of drug-likeness (QED) is 0.637. The molecule has 1 atom stereocenters. The summed E-state index contributed by atoms with van der Waals surface area (Å²) in [5.41, 5.74) is 0. The Kier molecular flexibility index (Phi) is 6.63. The molecular weight excluding hydrogens is 282 g/mol. The van der Waals surface area contributed by atoms with E-state index in [1.54, 1.807) is 0 Å². The van der Waals surface area contributed by atoms with E-state index in [4.69, 9.17) is 6.42 Å². The average Bonchev–Trinajstić information content (AvgIpc) is 2.29. The largest absolute Gasteiger partial charge is 0.312 e. The molecule has 1 unspecified atom stereocenters. The molecule has 1 rings (SSSR count). The molecule has 0 spiro atoms. The minimum atomic E-state index is 0.406. The Hall–Kier alpha value is -0.430. The van der Waals surface area contributed by atoms with Crippen molar-refractivity contribution in [3.8, 4) is 12.3 Å². The maximum atomic E-state index is 5.34. The normalized spacial score (nSPS) is 12.1. The zero-order chi connectivity index (χ0) is 11.8. The SMILES string of the molecule is C#CCC(CSc1ccc(Br)cc1)NCC. The van der Waals surface area contributed by atoms with Gasteiger partial charge in [0.25, 0.3) is 0 Å². The Morgan fingerprint density at radius 2 is 2.12 bits per heavy atom. The van der Waals surface area contributed by atoms with Gasteiger partial charge in [0, 0.05) is 27.6 Å². The number of halogens is 1. The lowest BCUT2D eigenvalue weighted by molar-refractivity contribution is 0.588. The maximum absolute atomic E-state index is 5.34. The highest BCUT2D eigenvalue weighted by atomic mass is 79.9. The minimum absolute atomic E-state index is 0.406. The third-order valence-electron chi connectivity index (χ3n) is 2.12. The molecule has 0 heterocycles. The number of nitrogens with one attached hydrogen (secondary N) is 1. The fourth-order valence-electron chi connectivity index (χ4n) is 1.35. The molecule has 0 aliphatic carbocycles. The first kappa shape index (κ1) is 13.6. The summed E-state index contributed by atoms with van der Waals surface area (Å²) < 4.78 is 1.11. The number of hydrogen-bond donors (Lipinski definition) is 1. The Morgan fingerprint density at radius 3 is 2.69 bits per heavy atom. The van der Waals surface area contributed by atoms with Crippen LogP contribution in [0.15, 0.2) is 33.6 Å². The van der Waals surface area contributed by atoms with Crippen molar-refractivity contribution in [2.75, 3.05) is 12.3 Å². The lowest BCUT2D eigenvalue weighted by atomic mass is 10.2. The molecule has 1 nitrogen and oxygen atoms in total. The summed E-state index contributed by atoms with van der Waals surface area (Å²) in [5.74, 6) is 3.73. The molecule has 16 heavy (non-hydrogen) atoms. The van der Waals surface area contributed by atoms with Gasteiger partial charge >= 0.3 is 0 Å². The summed E-state index contributed by atoms with van der Waals surface area (Å²) in [6.45, 7) is 3.07. The highest BCUT2D eigenvalue weighted by Crippen LogP contribution is 2.21. The van der Waals surface area contributed by atoms with Gasteiger partial charge in [0.05, 0.1) is 0 Å². The van der Waals surface area contributed by atoms with Gasteiger partial charge in [0.2, 0.25) is 0 Å². The van der Waals surface area contributed by atoms with Crippen LogP contribution in [-0.4, -0.2) is 18.3 Å². The number of thioether (sulfide) groups is 1. The van der Waals surface area contributed by atoms with Gasteiger partial charge in [-0.2, -0.15) is 0 Å². The molecule has 1 N–H and O–H groups in total. The third kappa shape index (κ3) is 5.07. The average molecular weight is 298 g/mol. The molecule has 0 aliphatic heterocycles. The summed E-state index contributed by atoms with van der Waals surface area (Å²) in [6.07, 6.45) is 6.13. The van der Waals surface area contributed by atoms with Gasteiger partial charge in [0.15, 0.2) is 0 Å². The molecule has 0 saturated heterocycles. The van der Waals surface area contributed by atoms with Crippen LogP contribution in [-0.2, 0) is 0 Å². The summed E-state index contributed by atoms with van der Waals surface area (Å²) in [7, 11) is 0. The zero-order valence-electron chi connectivity index (χ0n) is 9.37. The minimum Gasteiger partial charge on any atom is -0.312 e. The zero-order valence-corrected chi connectivity index (χ0v) is 11.8. The highest BCUT2D eigenvalue weighted by Gasteiger charge is 2.05. The molecule has 0 bridgehead atoms. The van der Waals surface area contributed by atoms with E-state index >= 15 is 0 Å². The van der Waals surface area contributed by atoms with Crippen molar-refractivity contribution < 1.29 is 0 Å². The molecule has 0 amide bonds.